The Kier molecular flexibility index (Phi) is 4.09. The second-order valence-electron chi connectivity index (χ2n) is 3.21. The van der Waals surface area contributed by atoms with Crippen molar-refractivity contribution in [2.24, 2.45) is 0 Å². The third kappa shape index (κ3) is 4.44. The molecule has 0 atom stereocenters. The third-order valence-corrected chi connectivity index (χ3v) is 1.67. The predicted molar refractivity (Wildman–Crippen MR) is 56.4 cm³/mol. The largest absolute Gasteiger partial charge is 0.435 e. The van der Waals surface area contributed by atoms with E-state index in [1.807, 2.05) is 6.92 Å². The molecule has 0 aliphatic rings. The normalized spacial score (nSPS) is 10.1. The van der Waals surface area contributed by atoms with Crippen molar-refractivity contribution in [3.8, 4) is 5.75 Å². The Labute approximate surface area is 87.6 Å². The molecular formula is C11H13F2NO. The Morgan fingerprint density at radius 2 is 2.00 bits per heavy atom. The van der Waals surface area contributed by atoms with Crippen molar-refractivity contribution in [3.05, 3.63) is 36.4 Å². The van der Waals surface area contributed by atoms with Gasteiger partial charge in [0.25, 0.3) is 0 Å². The van der Waals surface area contributed by atoms with E-state index in [-0.39, 0.29) is 5.75 Å². The van der Waals surface area contributed by atoms with E-state index in [0.717, 1.165) is 11.3 Å². The molecule has 0 radical (unpaired) electrons. The summed E-state index contributed by atoms with van der Waals surface area (Å²) in [7, 11) is 0. The lowest BCUT2D eigenvalue weighted by molar-refractivity contribution is -0.0498. The zero-order valence-corrected chi connectivity index (χ0v) is 8.47. The summed E-state index contributed by atoms with van der Waals surface area (Å²) in [6, 6.07) is 6.35. The Balaban J connectivity index is 2.52. The summed E-state index contributed by atoms with van der Waals surface area (Å²) in [6.07, 6.45) is 0. The maximum atomic E-state index is 11.8. The van der Waals surface area contributed by atoms with Gasteiger partial charge in [-0.05, 0) is 31.2 Å². The van der Waals surface area contributed by atoms with Gasteiger partial charge in [-0.1, -0.05) is 12.2 Å². The average Bonchev–Trinajstić information content (AvgIpc) is 2.16. The highest BCUT2D eigenvalue weighted by molar-refractivity contribution is 5.47. The number of halogens is 2. The topological polar surface area (TPSA) is 21.3 Å². The van der Waals surface area contributed by atoms with Crippen LogP contribution in [0.15, 0.2) is 36.4 Å². The lowest BCUT2D eigenvalue weighted by Gasteiger charge is -2.07. The molecule has 0 saturated carbocycles. The van der Waals surface area contributed by atoms with Gasteiger partial charge >= 0.3 is 6.61 Å². The predicted octanol–water partition coefficient (Wildman–Crippen LogP) is 3.28. The second-order valence-corrected chi connectivity index (χ2v) is 3.21. The molecule has 1 rings (SSSR count). The van der Waals surface area contributed by atoms with Gasteiger partial charge in [0.05, 0.1) is 0 Å². The smallest absolute Gasteiger partial charge is 0.387 e. The van der Waals surface area contributed by atoms with Gasteiger partial charge in [0.1, 0.15) is 5.75 Å². The number of rotatable bonds is 5. The molecule has 0 spiro atoms. The lowest BCUT2D eigenvalue weighted by Crippen LogP contribution is -2.03. The SMILES string of the molecule is C=C(C)CNc1ccc(OC(F)F)cc1. The van der Waals surface area contributed by atoms with E-state index in [1.54, 1.807) is 12.1 Å². The molecule has 0 saturated heterocycles. The first-order chi connectivity index (χ1) is 7.08. The quantitative estimate of drug-likeness (QED) is 0.758. The Hall–Kier alpha value is -1.58. The van der Waals surface area contributed by atoms with Crippen LogP contribution in [-0.2, 0) is 0 Å². The molecular weight excluding hydrogens is 200 g/mol. The molecule has 4 heteroatoms. The number of anilines is 1. The molecule has 0 heterocycles. The second kappa shape index (κ2) is 5.34. The number of nitrogens with one attached hydrogen (secondary N) is 1. The molecule has 0 aliphatic heterocycles. The monoisotopic (exact) mass is 213 g/mol. The summed E-state index contributed by atoms with van der Waals surface area (Å²) in [6.45, 7) is 3.53. The van der Waals surface area contributed by atoms with Gasteiger partial charge < -0.3 is 10.1 Å². The van der Waals surface area contributed by atoms with Crippen LogP contribution in [0.5, 0.6) is 5.75 Å². The van der Waals surface area contributed by atoms with Crippen LogP contribution in [0.25, 0.3) is 0 Å². The number of ether oxygens (including phenoxy) is 1. The maximum Gasteiger partial charge on any atom is 0.387 e. The van der Waals surface area contributed by atoms with Gasteiger partial charge in [0.15, 0.2) is 0 Å². The number of hydrogen-bond acceptors (Lipinski definition) is 2. The minimum absolute atomic E-state index is 0.158. The fourth-order valence-corrected chi connectivity index (χ4v) is 1.01. The number of alkyl halides is 2. The molecule has 1 aromatic carbocycles. The average molecular weight is 213 g/mol. The summed E-state index contributed by atoms with van der Waals surface area (Å²) >= 11 is 0. The van der Waals surface area contributed by atoms with Crippen LogP contribution in [0.3, 0.4) is 0 Å². The fraction of sp³-hybridized carbons (Fsp3) is 0.273. The maximum absolute atomic E-state index is 11.8. The molecule has 0 amide bonds. The van der Waals surface area contributed by atoms with Crippen molar-refractivity contribution in [3.63, 3.8) is 0 Å². The first-order valence-corrected chi connectivity index (χ1v) is 4.51. The highest BCUT2D eigenvalue weighted by Crippen LogP contribution is 2.17. The van der Waals surface area contributed by atoms with Crippen molar-refractivity contribution < 1.29 is 13.5 Å². The first kappa shape index (κ1) is 11.5. The zero-order valence-electron chi connectivity index (χ0n) is 8.47. The van der Waals surface area contributed by atoms with Gasteiger partial charge in [0, 0.05) is 12.2 Å². The molecule has 0 aromatic heterocycles. The van der Waals surface area contributed by atoms with Crippen LogP contribution in [0, 0.1) is 0 Å². The summed E-state index contributed by atoms with van der Waals surface area (Å²) in [4.78, 5) is 0. The van der Waals surface area contributed by atoms with Crippen molar-refractivity contribution in [1.29, 1.82) is 0 Å². The van der Waals surface area contributed by atoms with E-state index >= 15 is 0 Å². The van der Waals surface area contributed by atoms with Gasteiger partial charge in [-0.25, -0.2) is 0 Å². The van der Waals surface area contributed by atoms with Gasteiger partial charge in [-0.15, -0.1) is 0 Å². The molecule has 1 N–H and O–H groups in total. The van der Waals surface area contributed by atoms with Crippen molar-refractivity contribution in [1.82, 2.24) is 0 Å². The van der Waals surface area contributed by atoms with E-state index in [4.69, 9.17) is 0 Å². The molecule has 0 aliphatic carbocycles. The molecule has 0 fully saturated rings. The summed E-state index contributed by atoms with van der Waals surface area (Å²) in [5.74, 6) is 0.158. The van der Waals surface area contributed by atoms with E-state index in [2.05, 4.69) is 16.6 Å². The Bertz CT molecular complexity index is 322. The van der Waals surface area contributed by atoms with E-state index < -0.39 is 6.61 Å². The first-order valence-electron chi connectivity index (χ1n) is 4.51. The van der Waals surface area contributed by atoms with Gasteiger partial charge in [0.2, 0.25) is 0 Å². The van der Waals surface area contributed by atoms with Crippen molar-refractivity contribution >= 4 is 5.69 Å². The van der Waals surface area contributed by atoms with Crippen molar-refractivity contribution in [2.75, 3.05) is 11.9 Å². The molecule has 82 valence electrons. The summed E-state index contributed by atoms with van der Waals surface area (Å²) in [5, 5.41) is 3.08. The van der Waals surface area contributed by atoms with Gasteiger partial charge in [-0.3, -0.25) is 0 Å². The minimum Gasteiger partial charge on any atom is -0.435 e. The van der Waals surface area contributed by atoms with Crippen molar-refractivity contribution in [2.45, 2.75) is 13.5 Å². The Morgan fingerprint density at radius 1 is 1.40 bits per heavy atom. The molecule has 0 unspecified atom stereocenters. The van der Waals surface area contributed by atoms with Crippen LogP contribution in [-0.4, -0.2) is 13.2 Å². The van der Waals surface area contributed by atoms with Crippen LogP contribution in [0.1, 0.15) is 6.92 Å². The van der Waals surface area contributed by atoms with Crippen LogP contribution in [0.4, 0.5) is 14.5 Å². The van der Waals surface area contributed by atoms with Crippen LogP contribution >= 0.6 is 0 Å². The molecule has 2 nitrogen and oxygen atoms in total. The molecule has 0 bridgehead atoms. The van der Waals surface area contributed by atoms with Gasteiger partial charge in [-0.2, -0.15) is 8.78 Å². The van der Waals surface area contributed by atoms with E-state index in [1.165, 1.54) is 12.1 Å². The molecule has 15 heavy (non-hydrogen) atoms. The molecule has 1 aromatic rings. The Morgan fingerprint density at radius 3 is 2.47 bits per heavy atom. The lowest BCUT2D eigenvalue weighted by atomic mass is 10.3. The number of benzene rings is 1. The fourth-order valence-electron chi connectivity index (χ4n) is 1.01. The van der Waals surface area contributed by atoms with E-state index in [9.17, 15) is 8.78 Å². The van der Waals surface area contributed by atoms with Crippen LogP contribution in [0.2, 0.25) is 0 Å². The summed E-state index contributed by atoms with van der Waals surface area (Å²) in [5.41, 5.74) is 1.85. The highest BCUT2D eigenvalue weighted by Gasteiger charge is 2.03. The standard InChI is InChI=1S/C11H13F2NO/c1-8(2)7-14-9-3-5-10(6-4-9)15-11(12)13/h3-6,11,14H,1,7H2,2H3. The van der Waals surface area contributed by atoms with Crippen LogP contribution < -0.4 is 10.1 Å². The zero-order chi connectivity index (χ0) is 11.3. The van der Waals surface area contributed by atoms with E-state index in [0.29, 0.717) is 6.54 Å². The number of hydrogen-bond donors (Lipinski definition) is 1. The summed E-state index contributed by atoms with van der Waals surface area (Å²) < 4.78 is 27.9. The highest BCUT2D eigenvalue weighted by atomic mass is 19.3. The third-order valence-electron chi connectivity index (χ3n) is 1.67. The minimum atomic E-state index is -2.78.